The van der Waals surface area contributed by atoms with Gasteiger partial charge in [0.1, 0.15) is 0 Å². The van der Waals surface area contributed by atoms with Crippen molar-refractivity contribution in [3.05, 3.63) is 36.5 Å². The lowest BCUT2D eigenvalue weighted by atomic mass is 10.3. The minimum absolute atomic E-state index is 0.575. The smallest absolute Gasteiger partial charge is 0.173 e. The average Bonchev–Trinajstić information content (AvgIpc) is 2.47. The molecule has 1 nitrogen and oxygen atoms in total. The Morgan fingerprint density at radius 2 is 2.00 bits per heavy atom. The predicted molar refractivity (Wildman–Crippen MR) is 50.2 cm³/mol. The molecule has 52 valence electrons. The second-order valence-electron chi connectivity index (χ2n) is 2.40. The largest absolute Gasteiger partial charge is 0.588 e. The van der Waals surface area contributed by atoms with E-state index in [1.807, 2.05) is 0 Å². The molecule has 1 aromatic carbocycles. The SMILES string of the molecule is C=[Si+]n1ccc2ccccc21. The second-order valence-corrected chi connectivity index (χ2v) is 3.20. The maximum absolute atomic E-state index is 3.87. The molecule has 0 saturated carbocycles. The first kappa shape index (κ1) is 6.55. The highest BCUT2D eigenvalue weighted by Crippen LogP contribution is 2.12. The van der Waals surface area contributed by atoms with Gasteiger partial charge in [0, 0.05) is 11.6 Å². The van der Waals surface area contributed by atoms with E-state index in [1.165, 1.54) is 10.9 Å². The van der Waals surface area contributed by atoms with Gasteiger partial charge in [0.05, 0.1) is 11.7 Å². The Kier molecular flexibility index (Phi) is 1.47. The molecule has 0 saturated heterocycles. The molecular weight excluding hydrogens is 150 g/mol. The summed E-state index contributed by atoms with van der Waals surface area (Å²) in [6.07, 6.45) is 5.95. The zero-order chi connectivity index (χ0) is 7.68. The van der Waals surface area contributed by atoms with Crippen molar-refractivity contribution in [2.75, 3.05) is 0 Å². The van der Waals surface area contributed by atoms with Crippen molar-refractivity contribution in [1.82, 2.24) is 4.23 Å². The van der Waals surface area contributed by atoms with Crippen LogP contribution in [0, 0.1) is 0 Å². The van der Waals surface area contributed by atoms with Crippen molar-refractivity contribution in [3.8, 4) is 0 Å². The molecule has 0 amide bonds. The maximum atomic E-state index is 3.87. The third kappa shape index (κ3) is 0.954. The van der Waals surface area contributed by atoms with E-state index in [0.717, 1.165) is 0 Å². The van der Waals surface area contributed by atoms with Crippen molar-refractivity contribution >= 4 is 26.4 Å². The van der Waals surface area contributed by atoms with Gasteiger partial charge < -0.3 is 0 Å². The van der Waals surface area contributed by atoms with Gasteiger partial charge in [-0.1, -0.05) is 18.2 Å². The van der Waals surface area contributed by atoms with Crippen LogP contribution in [-0.4, -0.2) is 19.7 Å². The minimum Gasteiger partial charge on any atom is -0.173 e. The summed E-state index contributed by atoms with van der Waals surface area (Å²) < 4.78 is 2.16. The summed E-state index contributed by atoms with van der Waals surface area (Å²) >= 11 is 0. The lowest BCUT2D eigenvalue weighted by Crippen LogP contribution is -1.92. The Hall–Kier alpha value is -1.15. The van der Waals surface area contributed by atoms with E-state index in [4.69, 9.17) is 0 Å². The fourth-order valence-corrected chi connectivity index (χ4v) is 1.77. The number of benzene rings is 1. The van der Waals surface area contributed by atoms with Crippen LogP contribution in [0.2, 0.25) is 0 Å². The van der Waals surface area contributed by atoms with Crippen LogP contribution < -0.4 is 0 Å². The number of fused-ring (bicyclic) bond motifs is 1. The number of hydrogen-bond acceptors (Lipinski definition) is 0. The molecule has 11 heavy (non-hydrogen) atoms. The molecule has 2 aromatic rings. The van der Waals surface area contributed by atoms with E-state index in [0.29, 0.717) is 9.29 Å². The van der Waals surface area contributed by atoms with Gasteiger partial charge in [-0.2, -0.15) is 4.23 Å². The number of aromatic nitrogens is 1. The van der Waals surface area contributed by atoms with Crippen molar-refractivity contribution in [1.29, 1.82) is 0 Å². The van der Waals surface area contributed by atoms with Crippen molar-refractivity contribution in [2.24, 2.45) is 0 Å². The molecule has 0 unspecified atom stereocenters. The predicted octanol–water partition coefficient (Wildman–Crippen LogP) is 1.54. The van der Waals surface area contributed by atoms with E-state index >= 15 is 0 Å². The Labute approximate surface area is 67.8 Å². The lowest BCUT2D eigenvalue weighted by molar-refractivity contribution is 1.32. The van der Waals surface area contributed by atoms with Crippen LogP contribution in [0.4, 0.5) is 0 Å². The summed E-state index contributed by atoms with van der Waals surface area (Å²) in [6, 6.07) is 10.5. The molecule has 0 aliphatic rings. The van der Waals surface area contributed by atoms with E-state index in [1.54, 1.807) is 0 Å². The van der Waals surface area contributed by atoms with Crippen LogP contribution in [0.15, 0.2) is 36.5 Å². The number of para-hydroxylation sites is 1. The van der Waals surface area contributed by atoms with Crippen molar-refractivity contribution < 1.29 is 0 Å². The monoisotopic (exact) mass is 158 g/mol. The van der Waals surface area contributed by atoms with Crippen LogP contribution in [0.3, 0.4) is 0 Å². The van der Waals surface area contributed by atoms with Gasteiger partial charge in [0.2, 0.25) is 0 Å². The minimum atomic E-state index is 0.575. The fourth-order valence-electron chi connectivity index (χ4n) is 1.22. The van der Waals surface area contributed by atoms with Gasteiger partial charge in [0.15, 0.2) is 0 Å². The Morgan fingerprint density at radius 1 is 1.18 bits per heavy atom. The summed E-state index contributed by atoms with van der Waals surface area (Å²) in [7, 11) is 0.575. The average molecular weight is 158 g/mol. The number of nitrogens with zero attached hydrogens (tertiary/aromatic N) is 1. The molecule has 1 heterocycles. The molecule has 0 spiro atoms. The van der Waals surface area contributed by atoms with Crippen LogP contribution in [0.5, 0.6) is 0 Å². The highest BCUT2D eigenvalue weighted by atomic mass is 28.2. The van der Waals surface area contributed by atoms with E-state index in [9.17, 15) is 0 Å². The van der Waals surface area contributed by atoms with Crippen LogP contribution in [0.1, 0.15) is 0 Å². The molecule has 0 aliphatic heterocycles. The van der Waals surface area contributed by atoms with Gasteiger partial charge in [0.25, 0.3) is 0 Å². The lowest BCUT2D eigenvalue weighted by Gasteiger charge is -1.85. The number of hydrogen-bond donors (Lipinski definition) is 0. The van der Waals surface area contributed by atoms with E-state index in [2.05, 4.69) is 46.9 Å². The van der Waals surface area contributed by atoms with Gasteiger partial charge in [-0.3, -0.25) is 0 Å². The molecule has 0 N–H and O–H groups in total. The zero-order valence-corrected chi connectivity index (χ0v) is 7.12. The summed E-state index contributed by atoms with van der Waals surface area (Å²) in [5.74, 6) is 0. The highest BCUT2D eigenvalue weighted by Gasteiger charge is 2.03. The van der Waals surface area contributed by atoms with E-state index < -0.39 is 0 Å². The number of rotatable bonds is 1. The van der Waals surface area contributed by atoms with Gasteiger partial charge in [-0.25, -0.2) is 0 Å². The standard InChI is InChI=1S/C9H8NSi/c1-11-10-7-6-8-4-2-3-5-9(8)10/h2-7H,1H2/q+1. The molecular formula is C9H8NSi+. The summed E-state index contributed by atoms with van der Waals surface area (Å²) in [6.45, 7) is 0. The van der Waals surface area contributed by atoms with Crippen molar-refractivity contribution in [2.45, 2.75) is 0 Å². The molecule has 2 rings (SSSR count). The first-order valence-electron chi connectivity index (χ1n) is 3.51. The Balaban J connectivity index is 2.86. The van der Waals surface area contributed by atoms with Crippen LogP contribution >= 0.6 is 0 Å². The van der Waals surface area contributed by atoms with Gasteiger partial charge in [-0.05, 0) is 12.1 Å². The molecule has 0 aliphatic carbocycles. The Bertz CT molecular complexity index is 389. The van der Waals surface area contributed by atoms with Crippen LogP contribution in [0.25, 0.3) is 10.9 Å². The molecule has 2 heteroatoms. The molecule has 0 bridgehead atoms. The Morgan fingerprint density at radius 3 is 2.82 bits per heavy atom. The summed E-state index contributed by atoms with van der Waals surface area (Å²) in [4.78, 5) is 0. The third-order valence-electron chi connectivity index (χ3n) is 1.77. The second kappa shape index (κ2) is 2.47. The quantitative estimate of drug-likeness (QED) is 0.555. The normalized spacial score (nSPS) is 9.82. The molecule has 0 fully saturated rings. The van der Waals surface area contributed by atoms with Crippen molar-refractivity contribution in [3.63, 3.8) is 0 Å². The summed E-state index contributed by atoms with van der Waals surface area (Å²) in [5, 5.41) is 1.30. The third-order valence-corrected chi connectivity index (χ3v) is 2.50. The summed E-state index contributed by atoms with van der Waals surface area (Å²) in [5.41, 5.74) is 1.28. The highest BCUT2D eigenvalue weighted by molar-refractivity contribution is 6.40. The topological polar surface area (TPSA) is 4.93 Å². The molecule has 0 radical (unpaired) electrons. The van der Waals surface area contributed by atoms with Gasteiger partial charge >= 0.3 is 9.29 Å². The maximum Gasteiger partial charge on any atom is 0.588 e. The molecule has 0 atom stereocenters. The van der Waals surface area contributed by atoms with Gasteiger partial charge in [-0.15, -0.1) is 0 Å². The first-order chi connectivity index (χ1) is 5.42. The van der Waals surface area contributed by atoms with Crippen LogP contribution in [-0.2, 0) is 0 Å². The van der Waals surface area contributed by atoms with E-state index in [-0.39, 0.29) is 0 Å². The zero-order valence-electron chi connectivity index (χ0n) is 6.12. The first-order valence-corrected chi connectivity index (χ1v) is 4.66. The fraction of sp³-hybridized carbons (Fsp3) is 0. The molecule has 1 aromatic heterocycles.